The molecule has 1 aromatic heterocycles. The minimum absolute atomic E-state index is 0.647. The molecule has 0 amide bonds. The second kappa shape index (κ2) is 5.11. The third-order valence-corrected chi connectivity index (χ3v) is 3.53. The van der Waals surface area contributed by atoms with Gasteiger partial charge in [-0.2, -0.15) is 5.10 Å². The summed E-state index contributed by atoms with van der Waals surface area (Å²) in [5.74, 6) is 0. The summed E-state index contributed by atoms with van der Waals surface area (Å²) >= 11 is 12.0. The van der Waals surface area contributed by atoms with Gasteiger partial charge in [-0.05, 0) is 35.9 Å². The fraction of sp³-hybridized carbons (Fsp3) is 0.0714. The van der Waals surface area contributed by atoms with Crippen LogP contribution in [-0.2, 0) is 6.54 Å². The van der Waals surface area contributed by atoms with Crippen molar-refractivity contribution in [2.24, 2.45) is 0 Å². The van der Waals surface area contributed by atoms with Gasteiger partial charge in [0.05, 0.1) is 11.7 Å². The highest BCUT2D eigenvalue weighted by molar-refractivity contribution is 6.35. The summed E-state index contributed by atoms with van der Waals surface area (Å²) < 4.78 is 0. The zero-order chi connectivity index (χ0) is 13.2. The molecule has 3 rings (SSSR count). The van der Waals surface area contributed by atoms with Crippen molar-refractivity contribution < 1.29 is 0 Å². The third kappa shape index (κ3) is 2.67. The van der Waals surface area contributed by atoms with Gasteiger partial charge in [0.25, 0.3) is 0 Å². The number of aromatic amines is 1. The van der Waals surface area contributed by atoms with Crippen LogP contribution in [0.15, 0.2) is 42.6 Å². The smallest absolute Gasteiger partial charge is 0.0651 e. The lowest BCUT2D eigenvalue weighted by molar-refractivity contribution is 1.12. The van der Waals surface area contributed by atoms with E-state index in [-0.39, 0.29) is 0 Å². The maximum Gasteiger partial charge on any atom is 0.0651 e. The zero-order valence-electron chi connectivity index (χ0n) is 9.95. The molecule has 0 fully saturated rings. The molecule has 19 heavy (non-hydrogen) atoms. The average Bonchev–Trinajstić information content (AvgIpc) is 2.85. The Morgan fingerprint density at radius 3 is 2.84 bits per heavy atom. The van der Waals surface area contributed by atoms with Crippen LogP contribution in [0.5, 0.6) is 0 Å². The maximum atomic E-state index is 6.13. The van der Waals surface area contributed by atoms with Crippen LogP contribution in [0, 0.1) is 0 Å². The van der Waals surface area contributed by atoms with E-state index >= 15 is 0 Å². The minimum Gasteiger partial charge on any atom is -0.381 e. The van der Waals surface area contributed by atoms with Gasteiger partial charge in [-0.3, -0.25) is 5.10 Å². The van der Waals surface area contributed by atoms with Crippen LogP contribution in [0.1, 0.15) is 5.56 Å². The number of nitrogens with one attached hydrogen (secondary N) is 2. The van der Waals surface area contributed by atoms with E-state index in [1.54, 1.807) is 12.3 Å². The average molecular weight is 292 g/mol. The van der Waals surface area contributed by atoms with E-state index in [2.05, 4.69) is 15.5 Å². The molecule has 0 aliphatic carbocycles. The fourth-order valence-corrected chi connectivity index (χ4v) is 2.39. The number of aromatic nitrogens is 2. The summed E-state index contributed by atoms with van der Waals surface area (Å²) in [5.41, 5.74) is 3.06. The molecule has 0 bridgehead atoms. The molecule has 0 atom stereocenters. The summed E-state index contributed by atoms with van der Waals surface area (Å²) in [6.45, 7) is 0.652. The van der Waals surface area contributed by atoms with E-state index in [9.17, 15) is 0 Å². The van der Waals surface area contributed by atoms with Crippen molar-refractivity contribution >= 4 is 39.8 Å². The van der Waals surface area contributed by atoms with Gasteiger partial charge in [0.15, 0.2) is 0 Å². The Kier molecular flexibility index (Phi) is 3.32. The van der Waals surface area contributed by atoms with Gasteiger partial charge in [-0.1, -0.05) is 29.3 Å². The van der Waals surface area contributed by atoms with Crippen LogP contribution < -0.4 is 5.32 Å². The van der Waals surface area contributed by atoms with E-state index in [1.165, 1.54) is 0 Å². The Balaban J connectivity index is 1.77. The molecule has 0 saturated heterocycles. The second-order valence-electron chi connectivity index (χ2n) is 4.26. The first-order valence-corrected chi connectivity index (χ1v) is 6.59. The quantitative estimate of drug-likeness (QED) is 0.747. The molecule has 96 valence electrons. The fourth-order valence-electron chi connectivity index (χ4n) is 1.92. The summed E-state index contributed by atoms with van der Waals surface area (Å²) in [6, 6.07) is 11.6. The van der Waals surface area contributed by atoms with Crippen molar-refractivity contribution in [3.05, 3.63) is 58.2 Å². The van der Waals surface area contributed by atoms with E-state index in [1.807, 2.05) is 30.3 Å². The van der Waals surface area contributed by atoms with Crippen molar-refractivity contribution in [2.45, 2.75) is 6.54 Å². The summed E-state index contributed by atoms with van der Waals surface area (Å²) in [7, 11) is 0. The van der Waals surface area contributed by atoms with Crippen molar-refractivity contribution in [2.75, 3.05) is 5.32 Å². The first-order valence-electron chi connectivity index (χ1n) is 5.83. The van der Waals surface area contributed by atoms with Crippen LogP contribution in [0.25, 0.3) is 10.9 Å². The third-order valence-electron chi connectivity index (χ3n) is 2.94. The molecule has 3 aromatic rings. The van der Waals surface area contributed by atoms with Crippen molar-refractivity contribution in [3.63, 3.8) is 0 Å². The van der Waals surface area contributed by atoms with E-state index in [0.29, 0.717) is 16.6 Å². The monoisotopic (exact) mass is 291 g/mol. The number of halogens is 2. The number of anilines is 1. The van der Waals surface area contributed by atoms with Crippen LogP contribution >= 0.6 is 23.2 Å². The van der Waals surface area contributed by atoms with Gasteiger partial charge in [-0.25, -0.2) is 0 Å². The normalized spacial score (nSPS) is 10.8. The van der Waals surface area contributed by atoms with Crippen LogP contribution in [-0.4, -0.2) is 10.2 Å². The molecule has 0 radical (unpaired) electrons. The standard InChI is InChI=1S/C14H11Cl2N3/c15-11-2-1-9(13(16)6-11)7-17-12-3-4-14-10(5-12)8-18-19-14/h1-6,8,17H,7H2,(H,18,19). The number of H-pyrrole nitrogens is 1. The van der Waals surface area contributed by atoms with Gasteiger partial charge in [-0.15, -0.1) is 0 Å². The first kappa shape index (κ1) is 12.3. The summed E-state index contributed by atoms with van der Waals surface area (Å²) in [5, 5.41) is 12.6. The predicted octanol–water partition coefficient (Wildman–Crippen LogP) is 4.48. The molecule has 2 N–H and O–H groups in total. The number of nitrogens with zero attached hydrogens (tertiary/aromatic N) is 1. The lowest BCUT2D eigenvalue weighted by Crippen LogP contribution is -1.99. The Hall–Kier alpha value is -1.71. The minimum atomic E-state index is 0.647. The molecule has 5 heteroatoms. The van der Waals surface area contributed by atoms with Crippen LogP contribution in [0.2, 0.25) is 10.0 Å². The van der Waals surface area contributed by atoms with Crippen LogP contribution in [0.4, 0.5) is 5.69 Å². The predicted molar refractivity (Wildman–Crippen MR) is 79.9 cm³/mol. The van der Waals surface area contributed by atoms with Gasteiger partial charge >= 0.3 is 0 Å². The van der Waals surface area contributed by atoms with E-state index in [4.69, 9.17) is 23.2 Å². The van der Waals surface area contributed by atoms with Crippen molar-refractivity contribution in [3.8, 4) is 0 Å². The number of benzene rings is 2. The SMILES string of the molecule is Clc1ccc(CNc2ccc3[nH]ncc3c2)c(Cl)c1. The molecule has 3 nitrogen and oxygen atoms in total. The number of rotatable bonds is 3. The zero-order valence-corrected chi connectivity index (χ0v) is 11.5. The molecular formula is C14H11Cl2N3. The lowest BCUT2D eigenvalue weighted by Gasteiger charge is -2.08. The largest absolute Gasteiger partial charge is 0.381 e. The van der Waals surface area contributed by atoms with Crippen molar-refractivity contribution in [1.29, 1.82) is 0 Å². The highest BCUT2D eigenvalue weighted by atomic mass is 35.5. The summed E-state index contributed by atoms with van der Waals surface area (Å²) in [6.07, 6.45) is 1.80. The number of hydrogen-bond donors (Lipinski definition) is 2. The Labute approximate surface area is 120 Å². The molecule has 0 unspecified atom stereocenters. The topological polar surface area (TPSA) is 40.7 Å². The van der Waals surface area contributed by atoms with Crippen LogP contribution in [0.3, 0.4) is 0 Å². The highest BCUT2D eigenvalue weighted by Crippen LogP contribution is 2.23. The molecule has 2 aromatic carbocycles. The van der Waals surface area contributed by atoms with Gasteiger partial charge in [0.2, 0.25) is 0 Å². The van der Waals surface area contributed by atoms with Gasteiger partial charge in [0.1, 0.15) is 0 Å². The van der Waals surface area contributed by atoms with E-state index in [0.717, 1.165) is 22.2 Å². The molecule has 0 aliphatic heterocycles. The number of fused-ring (bicyclic) bond motifs is 1. The maximum absolute atomic E-state index is 6.13. The lowest BCUT2D eigenvalue weighted by atomic mass is 10.2. The number of hydrogen-bond acceptors (Lipinski definition) is 2. The molecule has 0 spiro atoms. The molecule has 1 heterocycles. The first-order chi connectivity index (χ1) is 9.22. The summed E-state index contributed by atoms with van der Waals surface area (Å²) in [4.78, 5) is 0. The van der Waals surface area contributed by atoms with E-state index < -0.39 is 0 Å². The molecule has 0 aliphatic rings. The second-order valence-corrected chi connectivity index (χ2v) is 5.10. The van der Waals surface area contributed by atoms with Crippen molar-refractivity contribution in [1.82, 2.24) is 10.2 Å². The Bertz CT molecular complexity index is 722. The highest BCUT2D eigenvalue weighted by Gasteiger charge is 2.02. The van der Waals surface area contributed by atoms with Gasteiger partial charge < -0.3 is 5.32 Å². The molecule has 0 saturated carbocycles. The Morgan fingerprint density at radius 1 is 1.11 bits per heavy atom. The van der Waals surface area contributed by atoms with Gasteiger partial charge in [0, 0.05) is 27.7 Å². The molecular weight excluding hydrogens is 281 g/mol. The Morgan fingerprint density at radius 2 is 2.00 bits per heavy atom.